The fourth-order valence-electron chi connectivity index (χ4n) is 2.49. The number of nitrogens with zero attached hydrogens (tertiary/aromatic N) is 3. The van der Waals surface area contributed by atoms with Gasteiger partial charge in [0, 0.05) is 22.4 Å². The van der Waals surface area contributed by atoms with E-state index < -0.39 is 0 Å². The summed E-state index contributed by atoms with van der Waals surface area (Å²) in [6, 6.07) is 17.2. The van der Waals surface area contributed by atoms with E-state index >= 15 is 0 Å². The molecule has 0 spiro atoms. The highest BCUT2D eigenvalue weighted by atomic mass is 79.9. The normalized spacial score (nSPS) is 10.7. The molecule has 5 nitrogen and oxygen atoms in total. The summed E-state index contributed by atoms with van der Waals surface area (Å²) in [6.07, 6.45) is 3.45. The van der Waals surface area contributed by atoms with Crippen molar-refractivity contribution in [1.82, 2.24) is 15.1 Å². The number of para-hydroxylation sites is 1. The molecule has 0 aliphatic rings. The van der Waals surface area contributed by atoms with Crippen LogP contribution in [0.25, 0.3) is 22.8 Å². The van der Waals surface area contributed by atoms with E-state index in [1.807, 2.05) is 61.5 Å². The fraction of sp³-hybridized carbons (Fsp3) is 0.0500. The molecule has 0 saturated heterocycles. The zero-order valence-corrected chi connectivity index (χ0v) is 15.5. The van der Waals surface area contributed by atoms with Crippen LogP contribution in [-0.4, -0.2) is 15.1 Å². The Kier molecular flexibility index (Phi) is 4.50. The van der Waals surface area contributed by atoms with Gasteiger partial charge in [0.25, 0.3) is 5.89 Å². The molecule has 0 unspecified atom stereocenters. The van der Waals surface area contributed by atoms with Gasteiger partial charge in [-0.15, -0.1) is 0 Å². The Balaban J connectivity index is 1.64. The van der Waals surface area contributed by atoms with Crippen molar-refractivity contribution in [2.75, 3.05) is 0 Å². The fourth-order valence-corrected chi connectivity index (χ4v) is 2.82. The van der Waals surface area contributed by atoms with Crippen LogP contribution >= 0.6 is 15.9 Å². The van der Waals surface area contributed by atoms with Crippen molar-refractivity contribution in [3.05, 3.63) is 77.0 Å². The van der Waals surface area contributed by atoms with Crippen LogP contribution in [-0.2, 0) is 0 Å². The highest BCUT2D eigenvalue weighted by molar-refractivity contribution is 9.10. The first-order valence-corrected chi connectivity index (χ1v) is 8.77. The van der Waals surface area contributed by atoms with Gasteiger partial charge in [-0.25, -0.2) is 0 Å². The van der Waals surface area contributed by atoms with Gasteiger partial charge in [0.15, 0.2) is 0 Å². The van der Waals surface area contributed by atoms with Crippen molar-refractivity contribution in [3.8, 4) is 34.3 Å². The second kappa shape index (κ2) is 7.09. The Bertz CT molecular complexity index is 1050. The monoisotopic (exact) mass is 407 g/mol. The molecule has 128 valence electrons. The molecule has 0 radical (unpaired) electrons. The minimum Gasteiger partial charge on any atom is -0.457 e. The Morgan fingerprint density at radius 3 is 2.62 bits per heavy atom. The SMILES string of the molecule is Cc1c(Br)cncc1-c1nc(-c2cccc(Oc3ccccc3)c2)no1. The third-order valence-electron chi connectivity index (χ3n) is 3.88. The van der Waals surface area contributed by atoms with Gasteiger partial charge in [-0.3, -0.25) is 4.98 Å². The van der Waals surface area contributed by atoms with Crippen molar-refractivity contribution in [1.29, 1.82) is 0 Å². The van der Waals surface area contributed by atoms with Crippen molar-refractivity contribution < 1.29 is 9.26 Å². The van der Waals surface area contributed by atoms with E-state index in [1.165, 1.54) is 0 Å². The quantitative estimate of drug-likeness (QED) is 0.436. The van der Waals surface area contributed by atoms with Crippen LogP contribution in [0.4, 0.5) is 0 Å². The molecule has 0 saturated carbocycles. The summed E-state index contributed by atoms with van der Waals surface area (Å²) in [5.74, 6) is 2.41. The second-order valence-corrected chi connectivity index (χ2v) is 6.51. The number of benzene rings is 2. The van der Waals surface area contributed by atoms with Crippen LogP contribution < -0.4 is 4.74 Å². The molecule has 6 heteroatoms. The maximum absolute atomic E-state index is 5.86. The lowest BCUT2D eigenvalue weighted by molar-refractivity contribution is 0.432. The van der Waals surface area contributed by atoms with Gasteiger partial charge < -0.3 is 9.26 Å². The molecular formula is C20H14BrN3O2. The summed E-state index contributed by atoms with van der Waals surface area (Å²) < 4.78 is 12.2. The second-order valence-electron chi connectivity index (χ2n) is 5.66. The molecule has 0 atom stereocenters. The molecule has 4 rings (SSSR count). The molecule has 0 N–H and O–H groups in total. The number of rotatable bonds is 4. The van der Waals surface area contributed by atoms with Crippen LogP contribution in [0.2, 0.25) is 0 Å². The van der Waals surface area contributed by atoms with E-state index in [-0.39, 0.29) is 0 Å². The Morgan fingerprint density at radius 1 is 0.962 bits per heavy atom. The van der Waals surface area contributed by atoms with Gasteiger partial charge in [0.2, 0.25) is 5.82 Å². The topological polar surface area (TPSA) is 61.0 Å². The molecule has 0 aliphatic carbocycles. The van der Waals surface area contributed by atoms with E-state index in [1.54, 1.807) is 12.4 Å². The minimum atomic E-state index is 0.431. The first-order valence-electron chi connectivity index (χ1n) is 7.98. The van der Waals surface area contributed by atoms with Gasteiger partial charge in [-0.1, -0.05) is 35.5 Å². The first kappa shape index (κ1) is 16.5. The Hall–Kier alpha value is -2.99. The van der Waals surface area contributed by atoms with Gasteiger partial charge in [0.05, 0.1) is 5.56 Å². The molecular weight excluding hydrogens is 394 g/mol. The zero-order chi connectivity index (χ0) is 17.9. The molecule has 2 aromatic heterocycles. The molecule has 0 bridgehead atoms. The smallest absolute Gasteiger partial charge is 0.260 e. The summed E-state index contributed by atoms with van der Waals surface area (Å²) in [7, 11) is 0. The van der Waals surface area contributed by atoms with Crippen molar-refractivity contribution >= 4 is 15.9 Å². The van der Waals surface area contributed by atoms with E-state index in [0.717, 1.165) is 26.9 Å². The maximum Gasteiger partial charge on any atom is 0.260 e. The molecule has 0 amide bonds. The van der Waals surface area contributed by atoms with E-state index in [4.69, 9.17) is 9.26 Å². The predicted octanol–water partition coefficient (Wildman–Crippen LogP) is 5.66. The van der Waals surface area contributed by atoms with Gasteiger partial charge in [0.1, 0.15) is 11.5 Å². The van der Waals surface area contributed by atoms with E-state index in [0.29, 0.717) is 17.5 Å². The van der Waals surface area contributed by atoms with Gasteiger partial charge in [-0.2, -0.15) is 4.98 Å². The summed E-state index contributed by atoms with van der Waals surface area (Å²) >= 11 is 3.47. The van der Waals surface area contributed by atoms with Crippen LogP contribution in [0.5, 0.6) is 11.5 Å². The first-order chi connectivity index (χ1) is 12.7. The van der Waals surface area contributed by atoms with E-state index in [2.05, 4.69) is 31.1 Å². The summed E-state index contributed by atoms with van der Waals surface area (Å²) in [6.45, 7) is 1.97. The van der Waals surface area contributed by atoms with E-state index in [9.17, 15) is 0 Å². The van der Waals surface area contributed by atoms with Gasteiger partial charge >= 0.3 is 0 Å². The summed E-state index contributed by atoms with van der Waals surface area (Å²) in [5, 5.41) is 4.10. The van der Waals surface area contributed by atoms with Gasteiger partial charge in [-0.05, 0) is 52.7 Å². The summed E-state index contributed by atoms with van der Waals surface area (Å²) in [4.78, 5) is 8.68. The molecule has 4 aromatic rings. The Labute approximate surface area is 158 Å². The third-order valence-corrected chi connectivity index (χ3v) is 4.68. The minimum absolute atomic E-state index is 0.431. The molecule has 26 heavy (non-hydrogen) atoms. The third kappa shape index (κ3) is 3.36. The molecule has 0 fully saturated rings. The number of hydrogen-bond donors (Lipinski definition) is 0. The molecule has 2 aromatic carbocycles. The average molecular weight is 408 g/mol. The lowest BCUT2D eigenvalue weighted by Crippen LogP contribution is -1.88. The number of ether oxygens (including phenoxy) is 1. The summed E-state index contributed by atoms with van der Waals surface area (Å²) in [5.41, 5.74) is 2.61. The average Bonchev–Trinajstić information content (AvgIpc) is 3.15. The van der Waals surface area contributed by atoms with Crippen LogP contribution in [0.3, 0.4) is 0 Å². The lowest BCUT2D eigenvalue weighted by Gasteiger charge is -2.06. The zero-order valence-electron chi connectivity index (χ0n) is 13.9. The van der Waals surface area contributed by atoms with Crippen LogP contribution in [0, 0.1) is 6.92 Å². The molecule has 2 heterocycles. The van der Waals surface area contributed by atoms with Crippen molar-refractivity contribution in [2.24, 2.45) is 0 Å². The Morgan fingerprint density at radius 2 is 1.77 bits per heavy atom. The highest BCUT2D eigenvalue weighted by Crippen LogP contribution is 2.30. The highest BCUT2D eigenvalue weighted by Gasteiger charge is 2.14. The van der Waals surface area contributed by atoms with Crippen LogP contribution in [0.1, 0.15) is 5.56 Å². The number of pyridine rings is 1. The number of aromatic nitrogens is 3. The molecule has 0 aliphatic heterocycles. The predicted molar refractivity (Wildman–Crippen MR) is 102 cm³/mol. The van der Waals surface area contributed by atoms with Crippen LogP contribution in [0.15, 0.2) is 76.0 Å². The number of halogens is 1. The van der Waals surface area contributed by atoms with Crippen molar-refractivity contribution in [2.45, 2.75) is 6.92 Å². The number of hydrogen-bond acceptors (Lipinski definition) is 5. The van der Waals surface area contributed by atoms with Crippen molar-refractivity contribution in [3.63, 3.8) is 0 Å². The largest absolute Gasteiger partial charge is 0.457 e. The standard InChI is InChI=1S/C20H14BrN3O2/c1-13-17(11-22-12-18(13)21)20-23-19(24-26-20)14-6-5-9-16(10-14)25-15-7-3-2-4-8-15/h2-12H,1H3. The lowest BCUT2D eigenvalue weighted by atomic mass is 10.1. The maximum atomic E-state index is 5.86.